The van der Waals surface area contributed by atoms with E-state index in [2.05, 4.69) is 35.8 Å². The van der Waals surface area contributed by atoms with Crippen LogP contribution in [-0.4, -0.2) is 37.5 Å². The van der Waals surface area contributed by atoms with E-state index >= 15 is 0 Å². The molecule has 4 nitrogen and oxygen atoms in total. The van der Waals surface area contributed by atoms with Crippen LogP contribution in [0.15, 0.2) is 40.0 Å². The van der Waals surface area contributed by atoms with Crippen LogP contribution in [0.2, 0.25) is 0 Å². The van der Waals surface area contributed by atoms with Crippen LogP contribution in [0.5, 0.6) is 0 Å². The average Bonchev–Trinajstić information content (AvgIpc) is 2.92. The van der Waals surface area contributed by atoms with Gasteiger partial charge in [0.05, 0.1) is 12.8 Å². The second-order valence-electron chi connectivity index (χ2n) is 5.13. The molecule has 0 bridgehead atoms. The molecule has 0 saturated heterocycles. The van der Waals surface area contributed by atoms with Gasteiger partial charge in [0.15, 0.2) is 5.96 Å². The Bertz CT molecular complexity index is 415. The van der Waals surface area contributed by atoms with E-state index in [1.165, 1.54) is 12.8 Å². The first-order chi connectivity index (χ1) is 9.63. The van der Waals surface area contributed by atoms with Crippen LogP contribution in [0.1, 0.15) is 32.4 Å². The van der Waals surface area contributed by atoms with Gasteiger partial charge in [-0.3, -0.25) is 0 Å². The summed E-state index contributed by atoms with van der Waals surface area (Å²) in [5.41, 5.74) is 1.07. The number of nitrogens with zero attached hydrogens (tertiary/aromatic N) is 2. The highest BCUT2D eigenvalue weighted by Crippen LogP contribution is 2.00. The van der Waals surface area contributed by atoms with Gasteiger partial charge in [0.2, 0.25) is 0 Å². The van der Waals surface area contributed by atoms with Crippen molar-refractivity contribution in [3.63, 3.8) is 0 Å². The molecule has 1 N–H and O–H groups in total. The molecule has 0 atom stereocenters. The molecule has 1 rings (SSSR count). The van der Waals surface area contributed by atoms with Crippen molar-refractivity contribution in [3.8, 4) is 0 Å². The first-order valence-corrected chi connectivity index (χ1v) is 7.29. The van der Waals surface area contributed by atoms with Crippen LogP contribution in [0.3, 0.4) is 0 Å². The highest BCUT2D eigenvalue weighted by Gasteiger charge is 2.06. The van der Waals surface area contributed by atoms with Gasteiger partial charge in [0, 0.05) is 26.6 Å². The zero-order valence-corrected chi connectivity index (χ0v) is 15.7. The van der Waals surface area contributed by atoms with Gasteiger partial charge < -0.3 is 14.6 Å². The molecular weight excluding hydrogens is 377 g/mol. The van der Waals surface area contributed by atoms with Crippen molar-refractivity contribution in [2.24, 2.45) is 4.99 Å². The van der Waals surface area contributed by atoms with Crippen LogP contribution in [-0.2, 0) is 6.42 Å². The number of halogens is 1. The van der Waals surface area contributed by atoms with Crippen LogP contribution < -0.4 is 5.32 Å². The predicted octanol–water partition coefficient (Wildman–Crippen LogP) is 3.69. The van der Waals surface area contributed by atoms with Gasteiger partial charge in [0.25, 0.3) is 0 Å². The molecule has 0 aliphatic carbocycles. The molecule has 0 radical (unpaired) electrons. The lowest BCUT2D eigenvalue weighted by atomic mass is 10.3. The van der Waals surface area contributed by atoms with Crippen molar-refractivity contribution < 1.29 is 4.42 Å². The Morgan fingerprint density at radius 1 is 1.48 bits per heavy atom. The van der Waals surface area contributed by atoms with Crippen LogP contribution in [0.4, 0.5) is 0 Å². The summed E-state index contributed by atoms with van der Waals surface area (Å²) in [5.74, 6) is 1.93. The standard InChI is InChI=1S/C16H27N3O.HI/c1-5-6-11-19(4)16(18-13-14(2)3)17-10-9-15-8-7-12-20-15;/h7-8,12H,2,5-6,9-11,13H2,1,3-4H3,(H,17,18);1H. The van der Waals surface area contributed by atoms with E-state index in [4.69, 9.17) is 4.42 Å². The third-order valence-corrected chi connectivity index (χ3v) is 2.94. The monoisotopic (exact) mass is 405 g/mol. The number of aliphatic imine (C=N–C) groups is 1. The third kappa shape index (κ3) is 8.80. The summed E-state index contributed by atoms with van der Waals surface area (Å²) in [7, 11) is 2.08. The molecule has 1 aromatic rings. The summed E-state index contributed by atoms with van der Waals surface area (Å²) in [6, 6.07) is 3.91. The molecule has 0 aliphatic heterocycles. The van der Waals surface area contributed by atoms with Crippen molar-refractivity contribution in [1.82, 2.24) is 10.2 Å². The Labute approximate surface area is 145 Å². The normalized spacial score (nSPS) is 10.9. The molecule has 5 heteroatoms. The van der Waals surface area contributed by atoms with Gasteiger partial charge in [-0.2, -0.15) is 0 Å². The Balaban J connectivity index is 0.00000400. The molecule has 0 aliphatic rings. The fourth-order valence-corrected chi connectivity index (χ4v) is 1.77. The van der Waals surface area contributed by atoms with Crippen LogP contribution in [0, 0.1) is 0 Å². The summed E-state index contributed by atoms with van der Waals surface area (Å²) in [5, 5.41) is 3.40. The van der Waals surface area contributed by atoms with Crippen molar-refractivity contribution in [2.45, 2.75) is 33.1 Å². The summed E-state index contributed by atoms with van der Waals surface area (Å²) < 4.78 is 5.33. The minimum absolute atomic E-state index is 0. The quantitative estimate of drug-likeness (QED) is 0.310. The molecule has 0 saturated carbocycles. The van der Waals surface area contributed by atoms with Crippen LogP contribution >= 0.6 is 24.0 Å². The minimum atomic E-state index is 0. The summed E-state index contributed by atoms with van der Waals surface area (Å²) in [6.07, 6.45) is 4.92. The largest absolute Gasteiger partial charge is 0.469 e. The molecule has 0 aromatic carbocycles. The van der Waals surface area contributed by atoms with Crippen LogP contribution in [0.25, 0.3) is 0 Å². The second-order valence-corrected chi connectivity index (χ2v) is 5.13. The molecular formula is C16H28IN3O. The van der Waals surface area contributed by atoms with E-state index in [-0.39, 0.29) is 24.0 Å². The number of hydrogen-bond acceptors (Lipinski definition) is 2. The van der Waals surface area contributed by atoms with Crippen molar-refractivity contribution >= 4 is 29.9 Å². The zero-order valence-electron chi connectivity index (χ0n) is 13.4. The first-order valence-electron chi connectivity index (χ1n) is 7.29. The fourth-order valence-electron chi connectivity index (χ4n) is 1.77. The maximum atomic E-state index is 5.33. The number of hydrogen-bond donors (Lipinski definition) is 1. The summed E-state index contributed by atoms with van der Waals surface area (Å²) in [6.45, 7) is 10.6. The number of unbranched alkanes of at least 4 members (excludes halogenated alkanes) is 1. The van der Waals surface area contributed by atoms with Gasteiger partial charge >= 0.3 is 0 Å². The van der Waals surface area contributed by atoms with Gasteiger partial charge in [-0.15, -0.1) is 24.0 Å². The maximum absolute atomic E-state index is 5.33. The zero-order chi connectivity index (χ0) is 14.8. The fraction of sp³-hybridized carbons (Fsp3) is 0.562. The van der Waals surface area contributed by atoms with E-state index in [0.29, 0.717) is 6.54 Å². The molecule has 1 heterocycles. The van der Waals surface area contributed by atoms with Gasteiger partial charge in [0.1, 0.15) is 5.76 Å². The molecule has 0 fully saturated rings. The molecule has 21 heavy (non-hydrogen) atoms. The van der Waals surface area contributed by atoms with Gasteiger partial charge in [-0.05, 0) is 25.5 Å². The molecule has 0 spiro atoms. The Morgan fingerprint density at radius 2 is 2.24 bits per heavy atom. The Kier molecular flexibility index (Phi) is 11.1. The molecule has 120 valence electrons. The minimum Gasteiger partial charge on any atom is -0.469 e. The van der Waals surface area contributed by atoms with E-state index in [0.717, 1.165) is 36.8 Å². The topological polar surface area (TPSA) is 40.8 Å². The number of furan rings is 1. The molecule has 1 aromatic heterocycles. The number of guanidine groups is 1. The lowest BCUT2D eigenvalue weighted by Gasteiger charge is -2.22. The summed E-state index contributed by atoms with van der Waals surface area (Å²) >= 11 is 0. The summed E-state index contributed by atoms with van der Waals surface area (Å²) in [4.78, 5) is 6.77. The lowest BCUT2D eigenvalue weighted by Crippen LogP contribution is -2.40. The van der Waals surface area contributed by atoms with Gasteiger partial charge in [-0.1, -0.05) is 25.5 Å². The Morgan fingerprint density at radius 3 is 2.81 bits per heavy atom. The Hall–Kier alpha value is -0.980. The molecule has 0 amide bonds. The third-order valence-electron chi connectivity index (χ3n) is 2.94. The van der Waals surface area contributed by atoms with E-state index in [1.807, 2.05) is 19.1 Å². The van der Waals surface area contributed by atoms with Gasteiger partial charge in [-0.25, -0.2) is 4.99 Å². The number of nitrogens with one attached hydrogen (secondary N) is 1. The van der Waals surface area contributed by atoms with E-state index < -0.39 is 0 Å². The lowest BCUT2D eigenvalue weighted by molar-refractivity contribution is 0.459. The first kappa shape index (κ1) is 20.0. The average molecular weight is 405 g/mol. The second kappa shape index (κ2) is 11.7. The SMILES string of the molecule is C=C(C)CN=C(NCCc1ccco1)N(C)CCCC.I. The van der Waals surface area contributed by atoms with Crippen molar-refractivity contribution in [2.75, 3.05) is 26.7 Å². The highest BCUT2D eigenvalue weighted by atomic mass is 127. The molecule has 0 unspecified atom stereocenters. The smallest absolute Gasteiger partial charge is 0.193 e. The van der Waals surface area contributed by atoms with Crippen molar-refractivity contribution in [3.05, 3.63) is 36.3 Å². The highest BCUT2D eigenvalue weighted by molar-refractivity contribution is 14.0. The van der Waals surface area contributed by atoms with Crippen molar-refractivity contribution in [1.29, 1.82) is 0 Å². The van der Waals surface area contributed by atoms with E-state index in [1.54, 1.807) is 6.26 Å². The van der Waals surface area contributed by atoms with E-state index in [9.17, 15) is 0 Å². The predicted molar refractivity (Wildman–Crippen MR) is 100 cm³/mol. The maximum Gasteiger partial charge on any atom is 0.193 e. The number of rotatable bonds is 8.